The van der Waals surface area contributed by atoms with Crippen LogP contribution in [0.4, 0.5) is 15.8 Å². The summed E-state index contributed by atoms with van der Waals surface area (Å²) in [5.74, 6) is -0.499. The van der Waals surface area contributed by atoms with Crippen LogP contribution in [0.2, 0.25) is 0 Å². The maximum Gasteiger partial charge on any atom is 0.255 e. The normalized spacial score (nSPS) is 10.9. The molecule has 0 aliphatic heterocycles. The van der Waals surface area contributed by atoms with E-state index in [0.29, 0.717) is 34.4 Å². The molecule has 0 spiro atoms. The van der Waals surface area contributed by atoms with E-state index in [2.05, 4.69) is 10.4 Å². The molecule has 3 aromatic carbocycles. The standard InChI is InChI=1S/C22H19FN4O/c1-14-21-17(23)5-4-8-20(21)26-27(14)13-15-9-11-16(12-10-15)22(28)25-19-7-3-2-6-18(19)24/h2-12H,13,24H2,1H3,(H,25,28). The number of aryl methyl sites for hydroxylation is 1. The molecule has 140 valence electrons. The number of para-hydroxylation sites is 2. The lowest BCUT2D eigenvalue weighted by molar-refractivity contribution is 0.102. The molecular weight excluding hydrogens is 355 g/mol. The van der Waals surface area contributed by atoms with Gasteiger partial charge >= 0.3 is 0 Å². The number of hydrogen-bond acceptors (Lipinski definition) is 3. The van der Waals surface area contributed by atoms with Crippen molar-refractivity contribution in [1.82, 2.24) is 9.78 Å². The number of amides is 1. The fourth-order valence-corrected chi connectivity index (χ4v) is 3.18. The molecule has 0 aliphatic rings. The molecule has 0 bridgehead atoms. The van der Waals surface area contributed by atoms with E-state index in [-0.39, 0.29) is 11.7 Å². The zero-order chi connectivity index (χ0) is 19.7. The van der Waals surface area contributed by atoms with Crippen molar-refractivity contribution < 1.29 is 9.18 Å². The minimum Gasteiger partial charge on any atom is -0.397 e. The van der Waals surface area contributed by atoms with Crippen molar-refractivity contribution in [2.24, 2.45) is 0 Å². The number of carbonyl (C=O) groups excluding carboxylic acids is 1. The van der Waals surface area contributed by atoms with Gasteiger partial charge in [-0.25, -0.2) is 4.39 Å². The smallest absolute Gasteiger partial charge is 0.255 e. The molecule has 3 N–H and O–H groups in total. The monoisotopic (exact) mass is 374 g/mol. The van der Waals surface area contributed by atoms with Gasteiger partial charge in [-0.15, -0.1) is 0 Å². The number of halogens is 1. The summed E-state index contributed by atoms with van der Waals surface area (Å²) in [7, 11) is 0. The number of carbonyl (C=O) groups is 1. The van der Waals surface area contributed by atoms with Crippen molar-refractivity contribution in [3.63, 3.8) is 0 Å². The average Bonchev–Trinajstić information content (AvgIpc) is 3.01. The van der Waals surface area contributed by atoms with Gasteiger partial charge in [-0.2, -0.15) is 5.10 Å². The molecule has 1 aromatic heterocycles. The highest BCUT2D eigenvalue weighted by Gasteiger charge is 2.12. The fourth-order valence-electron chi connectivity index (χ4n) is 3.18. The highest BCUT2D eigenvalue weighted by Crippen LogP contribution is 2.22. The lowest BCUT2D eigenvalue weighted by atomic mass is 10.1. The first-order valence-electron chi connectivity index (χ1n) is 8.89. The quantitative estimate of drug-likeness (QED) is 0.521. The Morgan fingerprint density at radius 2 is 1.82 bits per heavy atom. The molecule has 0 aliphatic carbocycles. The third-order valence-corrected chi connectivity index (χ3v) is 4.73. The van der Waals surface area contributed by atoms with Crippen molar-refractivity contribution in [2.45, 2.75) is 13.5 Å². The van der Waals surface area contributed by atoms with E-state index in [4.69, 9.17) is 5.73 Å². The van der Waals surface area contributed by atoms with E-state index in [1.807, 2.05) is 31.2 Å². The lowest BCUT2D eigenvalue weighted by Crippen LogP contribution is -2.13. The number of hydrogen-bond donors (Lipinski definition) is 2. The predicted octanol–water partition coefficient (Wildman–Crippen LogP) is 4.37. The zero-order valence-corrected chi connectivity index (χ0v) is 15.3. The molecule has 0 fully saturated rings. The molecule has 0 atom stereocenters. The Bertz CT molecular complexity index is 1170. The van der Waals surface area contributed by atoms with Gasteiger partial charge in [-0.1, -0.05) is 30.3 Å². The Kier molecular flexibility index (Phi) is 4.53. The first-order chi connectivity index (χ1) is 13.5. The molecule has 4 aromatic rings. The first kappa shape index (κ1) is 17.7. The molecule has 28 heavy (non-hydrogen) atoms. The van der Waals surface area contributed by atoms with Gasteiger partial charge in [0.1, 0.15) is 5.82 Å². The molecule has 0 saturated heterocycles. The van der Waals surface area contributed by atoms with E-state index in [9.17, 15) is 9.18 Å². The summed E-state index contributed by atoms with van der Waals surface area (Å²) in [5.41, 5.74) is 9.86. The summed E-state index contributed by atoms with van der Waals surface area (Å²) in [6.45, 7) is 2.35. The van der Waals surface area contributed by atoms with E-state index in [1.165, 1.54) is 6.07 Å². The lowest BCUT2D eigenvalue weighted by Gasteiger charge is -2.09. The van der Waals surface area contributed by atoms with Gasteiger partial charge in [0.2, 0.25) is 0 Å². The van der Waals surface area contributed by atoms with Crippen LogP contribution in [-0.4, -0.2) is 15.7 Å². The SMILES string of the molecule is Cc1c2c(F)cccc2nn1Cc1ccc(C(=O)Nc2ccccc2N)cc1. The second kappa shape index (κ2) is 7.15. The Morgan fingerprint density at radius 3 is 2.54 bits per heavy atom. The van der Waals surface area contributed by atoms with Crippen LogP contribution in [0.1, 0.15) is 21.6 Å². The van der Waals surface area contributed by atoms with Gasteiger partial charge in [0.15, 0.2) is 0 Å². The summed E-state index contributed by atoms with van der Waals surface area (Å²) in [5, 5.41) is 7.82. The Labute approximate surface area is 161 Å². The second-order valence-corrected chi connectivity index (χ2v) is 6.62. The minimum atomic E-state index is -0.270. The van der Waals surface area contributed by atoms with Crippen LogP contribution in [0.3, 0.4) is 0 Å². The predicted molar refractivity (Wildman–Crippen MR) is 109 cm³/mol. The molecular formula is C22H19FN4O. The van der Waals surface area contributed by atoms with Crippen LogP contribution in [0.5, 0.6) is 0 Å². The third kappa shape index (κ3) is 3.32. The molecule has 4 rings (SSSR count). The molecule has 1 amide bonds. The topological polar surface area (TPSA) is 72.9 Å². The van der Waals surface area contributed by atoms with Crippen LogP contribution in [0.15, 0.2) is 66.7 Å². The van der Waals surface area contributed by atoms with E-state index < -0.39 is 0 Å². The first-order valence-corrected chi connectivity index (χ1v) is 8.89. The summed E-state index contributed by atoms with van der Waals surface area (Å²) in [4.78, 5) is 12.4. The number of nitrogen functional groups attached to an aromatic ring is 1. The highest BCUT2D eigenvalue weighted by atomic mass is 19.1. The minimum absolute atomic E-state index is 0.229. The number of nitrogens with zero attached hydrogens (tertiary/aromatic N) is 2. The van der Waals surface area contributed by atoms with Gasteiger partial charge in [0.25, 0.3) is 5.91 Å². The molecule has 0 saturated carbocycles. The number of nitrogens with one attached hydrogen (secondary N) is 1. The summed E-state index contributed by atoms with van der Waals surface area (Å²) < 4.78 is 15.8. The number of aromatic nitrogens is 2. The van der Waals surface area contributed by atoms with Crippen LogP contribution >= 0.6 is 0 Å². The van der Waals surface area contributed by atoms with Crippen molar-refractivity contribution in [2.75, 3.05) is 11.1 Å². The van der Waals surface area contributed by atoms with Crippen LogP contribution < -0.4 is 11.1 Å². The Balaban J connectivity index is 1.52. The molecule has 0 radical (unpaired) electrons. The Hall–Kier alpha value is -3.67. The van der Waals surface area contributed by atoms with Gasteiger partial charge in [0.05, 0.1) is 28.8 Å². The maximum atomic E-state index is 14.0. The summed E-state index contributed by atoms with van der Waals surface area (Å²) in [6.07, 6.45) is 0. The van der Waals surface area contributed by atoms with E-state index in [0.717, 1.165) is 11.3 Å². The zero-order valence-electron chi connectivity index (χ0n) is 15.3. The van der Waals surface area contributed by atoms with Crippen LogP contribution in [0.25, 0.3) is 10.9 Å². The molecule has 0 unspecified atom stereocenters. The number of anilines is 2. The van der Waals surface area contributed by atoms with Crippen LogP contribution in [-0.2, 0) is 6.54 Å². The largest absolute Gasteiger partial charge is 0.397 e. The van der Waals surface area contributed by atoms with Crippen molar-refractivity contribution in [3.05, 3.63) is 89.4 Å². The highest BCUT2D eigenvalue weighted by molar-refractivity contribution is 6.05. The molecule has 1 heterocycles. The molecule has 5 nitrogen and oxygen atoms in total. The van der Waals surface area contributed by atoms with Crippen molar-refractivity contribution in [1.29, 1.82) is 0 Å². The van der Waals surface area contributed by atoms with E-state index in [1.54, 1.807) is 41.1 Å². The Morgan fingerprint density at radius 1 is 1.07 bits per heavy atom. The van der Waals surface area contributed by atoms with Crippen molar-refractivity contribution >= 4 is 28.2 Å². The average molecular weight is 374 g/mol. The second-order valence-electron chi connectivity index (χ2n) is 6.62. The van der Waals surface area contributed by atoms with Gasteiger partial charge in [-0.3, -0.25) is 9.48 Å². The van der Waals surface area contributed by atoms with Gasteiger partial charge < -0.3 is 11.1 Å². The molecule has 6 heteroatoms. The van der Waals surface area contributed by atoms with Gasteiger partial charge in [0, 0.05) is 11.3 Å². The maximum absolute atomic E-state index is 14.0. The number of nitrogens with two attached hydrogens (primary N) is 1. The summed E-state index contributed by atoms with van der Waals surface area (Å²) in [6, 6.07) is 19.2. The van der Waals surface area contributed by atoms with E-state index >= 15 is 0 Å². The number of benzene rings is 3. The fraction of sp³-hybridized carbons (Fsp3) is 0.0909. The number of fused-ring (bicyclic) bond motifs is 1. The van der Waals surface area contributed by atoms with Crippen molar-refractivity contribution in [3.8, 4) is 0 Å². The number of rotatable bonds is 4. The third-order valence-electron chi connectivity index (χ3n) is 4.73. The van der Waals surface area contributed by atoms with Crippen LogP contribution in [0, 0.1) is 12.7 Å². The van der Waals surface area contributed by atoms with Gasteiger partial charge in [-0.05, 0) is 48.9 Å². The summed E-state index contributed by atoms with van der Waals surface area (Å²) >= 11 is 0.